The minimum absolute atomic E-state index is 0.222. The lowest BCUT2D eigenvalue weighted by Gasteiger charge is -2.31. The molecule has 0 aromatic carbocycles. The average molecular weight is 293 g/mol. The summed E-state index contributed by atoms with van der Waals surface area (Å²) in [7, 11) is 1.84. The van der Waals surface area contributed by atoms with Crippen molar-refractivity contribution in [2.75, 3.05) is 13.6 Å². The number of nitrogens with one attached hydrogen (secondary N) is 1. The minimum Gasteiger partial charge on any atom is -0.319 e. The summed E-state index contributed by atoms with van der Waals surface area (Å²) in [4.78, 5) is 0. The first kappa shape index (κ1) is 14.7. The lowest BCUT2D eigenvalue weighted by Crippen LogP contribution is -2.31. The second kappa shape index (κ2) is 6.17. The predicted octanol–water partition coefficient (Wildman–Crippen LogP) is 3.14. The second-order valence-corrected chi connectivity index (χ2v) is 6.02. The van der Waals surface area contributed by atoms with E-state index in [2.05, 4.69) is 15.5 Å². The molecule has 3 nitrogen and oxygen atoms in total. The first-order valence-corrected chi connectivity index (χ1v) is 7.37. The fourth-order valence-corrected chi connectivity index (χ4v) is 3.61. The van der Waals surface area contributed by atoms with Crippen LogP contribution in [0.5, 0.6) is 0 Å². The zero-order valence-corrected chi connectivity index (χ0v) is 11.7. The Morgan fingerprint density at radius 2 is 2.00 bits per heavy atom. The molecule has 19 heavy (non-hydrogen) atoms. The van der Waals surface area contributed by atoms with Crippen molar-refractivity contribution in [3.8, 4) is 0 Å². The quantitative estimate of drug-likeness (QED) is 0.927. The summed E-state index contributed by atoms with van der Waals surface area (Å²) in [5.74, 6) is -1.74. The summed E-state index contributed by atoms with van der Waals surface area (Å²) in [6.45, 7) is 0.766. The second-order valence-electron chi connectivity index (χ2n) is 4.93. The fraction of sp³-hybridized carbons (Fsp3) is 0.833. The predicted molar refractivity (Wildman–Crippen MR) is 68.3 cm³/mol. The van der Waals surface area contributed by atoms with Gasteiger partial charge in [0.15, 0.2) is 0 Å². The molecule has 1 aliphatic carbocycles. The third-order valence-corrected chi connectivity index (χ3v) is 4.69. The molecule has 0 bridgehead atoms. The number of hydrogen-bond acceptors (Lipinski definition) is 4. The molecule has 0 aliphatic heterocycles. The Labute approximate surface area is 114 Å². The molecule has 2 rings (SSSR count). The van der Waals surface area contributed by atoms with Crippen molar-refractivity contribution >= 4 is 11.3 Å². The van der Waals surface area contributed by atoms with Gasteiger partial charge in [-0.3, -0.25) is 0 Å². The SMILES string of the molecule is CNCCc1nnc(C2CCCCC2C(F)(F)F)s1. The molecule has 1 aromatic heterocycles. The standard InChI is InChI=1S/C12H18F3N3S/c1-16-7-6-10-17-18-11(19-10)8-4-2-3-5-9(8)12(13,14)15/h8-9,16H,2-7H2,1H3. The van der Waals surface area contributed by atoms with E-state index in [9.17, 15) is 13.2 Å². The van der Waals surface area contributed by atoms with Crippen LogP contribution in [0.4, 0.5) is 13.2 Å². The van der Waals surface area contributed by atoms with Crippen molar-refractivity contribution in [1.82, 2.24) is 15.5 Å². The molecule has 2 atom stereocenters. The van der Waals surface area contributed by atoms with Crippen LogP contribution in [0.3, 0.4) is 0 Å². The van der Waals surface area contributed by atoms with Gasteiger partial charge in [-0.15, -0.1) is 21.5 Å². The van der Waals surface area contributed by atoms with Gasteiger partial charge in [-0.1, -0.05) is 12.8 Å². The summed E-state index contributed by atoms with van der Waals surface area (Å²) < 4.78 is 39.1. The van der Waals surface area contributed by atoms with E-state index in [1.54, 1.807) is 0 Å². The normalized spacial score (nSPS) is 24.6. The van der Waals surface area contributed by atoms with Crippen LogP contribution in [0, 0.1) is 5.92 Å². The minimum atomic E-state index is -4.12. The highest BCUT2D eigenvalue weighted by Crippen LogP contribution is 2.46. The summed E-state index contributed by atoms with van der Waals surface area (Å²) in [5.41, 5.74) is 0. The van der Waals surface area contributed by atoms with Crippen molar-refractivity contribution in [3.63, 3.8) is 0 Å². The van der Waals surface area contributed by atoms with Gasteiger partial charge in [0.25, 0.3) is 0 Å². The van der Waals surface area contributed by atoms with E-state index in [1.807, 2.05) is 7.05 Å². The number of likely N-dealkylation sites (N-methyl/N-ethyl adjacent to an activating group) is 1. The molecule has 0 saturated heterocycles. The van der Waals surface area contributed by atoms with E-state index in [4.69, 9.17) is 0 Å². The van der Waals surface area contributed by atoms with Crippen LogP contribution in [0.15, 0.2) is 0 Å². The molecule has 1 heterocycles. The molecule has 0 amide bonds. The van der Waals surface area contributed by atoms with Gasteiger partial charge in [0.2, 0.25) is 0 Å². The van der Waals surface area contributed by atoms with E-state index in [0.29, 0.717) is 17.8 Å². The number of nitrogens with zero attached hydrogens (tertiary/aromatic N) is 2. The highest BCUT2D eigenvalue weighted by atomic mass is 32.1. The zero-order valence-electron chi connectivity index (χ0n) is 10.8. The van der Waals surface area contributed by atoms with Crippen molar-refractivity contribution < 1.29 is 13.2 Å². The largest absolute Gasteiger partial charge is 0.392 e. The van der Waals surface area contributed by atoms with Gasteiger partial charge >= 0.3 is 6.18 Å². The number of rotatable bonds is 4. The molecule has 1 saturated carbocycles. The van der Waals surface area contributed by atoms with Crippen LogP contribution in [0.25, 0.3) is 0 Å². The molecule has 0 radical (unpaired) electrons. The maximum absolute atomic E-state index is 13.0. The Morgan fingerprint density at radius 1 is 1.26 bits per heavy atom. The third-order valence-electron chi connectivity index (χ3n) is 3.57. The average Bonchev–Trinajstić information content (AvgIpc) is 2.84. The van der Waals surface area contributed by atoms with E-state index >= 15 is 0 Å². The molecule has 1 N–H and O–H groups in total. The van der Waals surface area contributed by atoms with E-state index in [1.165, 1.54) is 11.3 Å². The Balaban J connectivity index is 2.11. The van der Waals surface area contributed by atoms with Crippen LogP contribution < -0.4 is 5.32 Å². The van der Waals surface area contributed by atoms with Crippen molar-refractivity contribution in [2.24, 2.45) is 5.92 Å². The maximum Gasteiger partial charge on any atom is 0.392 e. The van der Waals surface area contributed by atoms with Gasteiger partial charge in [-0.05, 0) is 19.9 Å². The fourth-order valence-electron chi connectivity index (χ4n) is 2.57. The van der Waals surface area contributed by atoms with Gasteiger partial charge in [-0.2, -0.15) is 13.2 Å². The number of halogens is 3. The summed E-state index contributed by atoms with van der Waals surface area (Å²) in [6, 6.07) is 0. The molecule has 2 unspecified atom stereocenters. The van der Waals surface area contributed by atoms with E-state index in [0.717, 1.165) is 24.4 Å². The molecular formula is C12H18F3N3S. The van der Waals surface area contributed by atoms with Gasteiger partial charge in [0, 0.05) is 18.9 Å². The van der Waals surface area contributed by atoms with E-state index in [-0.39, 0.29) is 6.42 Å². The Kier molecular flexibility index (Phi) is 4.78. The Bertz CT molecular complexity index is 405. The van der Waals surface area contributed by atoms with Gasteiger partial charge in [0.05, 0.1) is 5.92 Å². The Hall–Kier alpha value is -0.690. The maximum atomic E-state index is 13.0. The highest BCUT2D eigenvalue weighted by Gasteiger charge is 2.47. The number of hydrogen-bond donors (Lipinski definition) is 1. The topological polar surface area (TPSA) is 37.8 Å². The van der Waals surface area contributed by atoms with Crippen molar-refractivity contribution in [3.05, 3.63) is 10.0 Å². The molecule has 7 heteroatoms. The molecule has 1 fully saturated rings. The summed E-state index contributed by atoms with van der Waals surface area (Å²) >= 11 is 1.34. The van der Waals surface area contributed by atoms with Crippen LogP contribution in [-0.2, 0) is 6.42 Å². The molecular weight excluding hydrogens is 275 g/mol. The molecule has 108 valence electrons. The molecule has 1 aromatic rings. The number of aromatic nitrogens is 2. The highest BCUT2D eigenvalue weighted by molar-refractivity contribution is 7.11. The summed E-state index contributed by atoms with van der Waals surface area (Å²) in [6.07, 6.45) is -1.10. The van der Waals surface area contributed by atoms with Crippen LogP contribution in [0.1, 0.15) is 41.6 Å². The van der Waals surface area contributed by atoms with Gasteiger partial charge in [0.1, 0.15) is 10.0 Å². The third kappa shape index (κ3) is 3.66. The zero-order chi connectivity index (χ0) is 13.9. The van der Waals surface area contributed by atoms with E-state index < -0.39 is 18.0 Å². The molecule has 0 spiro atoms. The lowest BCUT2D eigenvalue weighted by molar-refractivity contribution is -0.187. The van der Waals surface area contributed by atoms with Gasteiger partial charge in [-0.25, -0.2) is 0 Å². The van der Waals surface area contributed by atoms with Crippen molar-refractivity contribution in [1.29, 1.82) is 0 Å². The first-order valence-electron chi connectivity index (χ1n) is 6.56. The monoisotopic (exact) mass is 293 g/mol. The van der Waals surface area contributed by atoms with Crippen molar-refractivity contribution in [2.45, 2.75) is 44.2 Å². The number of alkyl halides is 3. The van der Waals surface area contributed by atoms with Crippen LogP contribution in [0.2, 0.25) is 0 Å². The van der Waals surface area contributed by atoms with Crippen LogP contribution >= 0.6 is 11.3 Å². The summed E-state index contributed by atoms with van der Waals surface area (Å²) in [5, 5.41) is 12.4. The first-order chi connectivity index (χ1) is 9.02. The lowest BCUT2D eigenvalue weighted by atomic mass is 9.79. The molecule has 1 aliphatic rings. The van der Waals surface area contributed by atoms with Gasteiger partial charge < -0.3 is 5.32 Å². The smallest absolute Gasteiger partial charge is 0.319 e. The van der Waals surface area contributed by atoms with Crippen LogP contribution in [-0.4, -0.2) is 30.0 Å². The Morgan fingerprint density at radius 3 is 2.68 bits per heavy atom.